The summed E-state index contributed by atoms with van der Waals surface area (Å²) < 4.78 is 0. The molecule has 0 aliphatic rings. The van der Waals surface area contributed by atoms with Gasteiger partial charge < -0.3 is 10.6 Å². The molecule has 20 heavy (non-hydrogen) atoms. The molecule has 0 fully saturated rings. The standard InChI is InChI=1S/C17H29ClN2/c1-6-16(19)10-14-9-15(18)7-8-17(14)20(13(4)5)11-12(2)3/h7-9,12-13,16H,6,10-11,19H2,1-5H3. The summed E-state index contributed by atoms with van der Waals surface area (Å²) in [5.41, 5.74) is 8.68. The average molecular weight is 297 g/mol. The third kappa shape index (κ3) is 4.99. The number of rotatable bonds is 7. The fourth-order valence-corrected chi connectivity index (χ4v) is 2.60. The highest BCUT2D eigenvalue weighted by Gasteiger charge is 2.17. The fourth-order valence-electron chi connectivity index (χ4n) is 2.41. The molecule has 0 bridgehead atoms. The zero-order valence-corrected chi connectivity index (χ0v) is 14.2. The van der Waals surface area contributed by atoms with E-state index in [4.69, 9.17) is 17.3 Å². The van der Waals surface area contributed by atoms with Crippen LogP contribution in [-0.4, -0.2) is 18.6 Å². The summed E-state index contributed by atoms with van der Waals surface area (Å²) in [6.07, 6.45) is 1.87. The highest BCUT2D eigenvalue weighted by molar-refractivity contribution is 6.30. The van der Waals surface area contributed by atoms with Crippen LogP contribution < -0.4 is 10.6 Å². The normalized spacial score (nSPS) is 13.1. The number of nitrogens with zero attached hydrogens (tertiary/aromatic N) is 1. The molecule has 0 aromatic heterocycles. The number of nitrogens with two attached hydrogens (primary N) is 1. The molecule has 0 aliphatic carbocycles. The second-order valence-electron chi connectivity index (χ2n) is 6.29. The Balaban J connectivity index is 3.12. The van der Waals surface area contributed by atoms with Crippen molar-refractivity contribution in [3.05, 3.63) is 28.8 Å². The summed E-state index contributed by atoms with van der Waals surface area (Å²) >= 11 is 6.17. The molecule has 3 heteroatoms. The van der Waals surface area contributed by atoms with E-state index in [0.717, 1.165) is 24.4 Å². The molecule has 0 radical (unpaired) electrons. The van der Waals surface area contributed by atoms with E-state index in [1.54, 1.807) is 0 Å². The number of benzene rings is 1. The monoisotopic (exact) mass is 296 g/mol. The van der Waals surface area contributed by atoms with Gasteiger partial charge >= 0.3 is 0 Å². The Morgan fingerprint density at radius 3 is 2.35 bits per heavy atom. The topological polar surface area (TPSA) is 29.3 Å². The Hall–Kier alpha value is -0.730. The zero-order chi connectivity index (χ0) is 15.3. The van der Waals surface area contributed by atoms with Crippen molar-refractivity contribution in [1.29, 1.82) is 0 Å². The Bertz CT molecular complexity index is 415. The lowest BCUT2D eigenvalue weighted by Gasteiger charge is -2.33. The first-order valence-electron chi connectivity index (χ1n) is 7.65. The molecule has 1 aromatic rings. The molecule has 0 saturated carbocycles. The summed E-state index contributed by atoms with van der Waals surface area (Å²) in [4.78, 5) is 2.46. The highest BCUT2D eigenvalue weighted by atomic mass is 35.5. The Morgan fingerprint density at radius 1 is 1.20 bits per heavy atom. The summed E-state index contributed by atoms with van der Waals surface area (Å²) in [5.74, 6) is 0.626. The molecular formula is C17H29ClN2. The van der Waals surface area contributed by atoms with Crippen LogP contribution in [0.2, 0.25) is 5.02 Å². The lowest BCUT2D eigenvalue weighted by Crippen LogP contribution is -2.35. The van der Waals surface area contributed by atoms with Crippen molar-refractivity contribution in [3.8, 4) is 0 Å². The van der Waals surface area contributed by atoms with Gasteiger partial charge in [0.2, 0.25) is 0 Å². The van der Waals surface area contributed by atoms with E-state index in [9.17, 15) is 0 Å². The van der Waals surface area contributed by atoms with Crippen LogP contribution in [-0.2, 0) is 6.42 Å². The molecule has 1 atom stereocenters. The first-order valence-corrected chi connectivity index (χ1v) is 8.03. The van der Waals surface area contributed by atoms with Crippen molar-refractivity contribution >= 4 is 17.3 Å². The fraction of sp³-hybridized carbons (Fsp3) is 0.647. The first kappa shape index (κ1) is 17.3. The Morgan fingerprint density at radius 2 is 1.85 bits per heavy atom. The van der Waals surface area contributed by atoms with E-state index in [1.807, 2.05) is 6.07 Å². The van der Waals surface area contributed by atoms with Gasteiger partial charge in [-0.1, -0.05) is 32.4 Å². The molecule has 2 N–H and O–H groups in total. The van der Waals surface area contributed by atoms with E-state index in [0.29, 0.717) is 12.0 Å². The molecule has 0 spiro atoms. The van der Waals surface area contributed by atoms with Gasteiger partial charge in [0.25, 0.3) is 0 Å². The SMILES string of the molecule is CCC(N)Cc1cc(Cl)ccc1N(CC(C)C)C(C)C. The van der Waals surface area contributed by atoms with Crippen LogP contribution in [0.1, 0.15) is 46.6 Å². The molecule has 1 rings (SSSR count). The lowest BCUT2D eigenvalue weighted by atomic mass is 10.0. The van der Waals surface area contributed by atoms with Gasteiger partial charge in [-0.25, -0.2) is 0 Å². The van der Waals surface area contributed by atoms with E-state index in [1.165, 1.54) is 11.3 Å². The lowest BCUT2D eigenvalue weighted by molar-refractivity contribution is 0.566. The van der Waals surface area contributed by atoms with E-state index in [2.05, 4.69) is 51.7 Å². The van der Waals surface area contributed by atoms with Gasteiger partial charge in [-0.15, -0.1) is 0 Å². The summed E-state index contributed by atoms with van der Waals surface area (Å²) in [7, 11) is 0. The average Bonchev–Trinajstić information content (AvgIpc) is 2.36. The molecule has 1 aromatic carbocycles. The third-order valence-electron chi connectivity index (χ3n) is 3.54. The van der Waals surface area contributed by atoms with Crippen molar-refractivity contribution in [2.24, 2.45) is 11.7 Å². The van der Waals surface area contributed by atoms with E-state index < -0.39 is 0 Å². The molecule has 0 heterocycles. The van der Waals surface area contributed by atoms with Gasteiger partial charge in [0, 0.05) is 29.3 Å². The minimum absolute atomic E-state index is 0.195. The van der Waals surface area contributed by atoms with Crippen molar-refractivity contribution in [3.63, 3.8) is 0 Å². The quantitative estimate of drug-likeness (QED) is 0.803. The van der Waals surface area contributed by atoms with Crippen LogP contribution in [0.5, 0.6) is 0 Å². The van der Waals surface area contributed by atoms with Gasteiger partial charge in [-0.2, -0.15) is 0 Å². The maximum atomic E-state index is 6.17. The second kappa shape index (κ2) is 7.90. The molecule has 0 aliphatic heterocycles. The molecule has 114 valence electrons. The number of hydrogen-bond acceptors (Lipinski definition) is 2. The highest BCUT2D eigenvalue weighted by Crippen LogP contribution is 2.28. The Labute approximate surface area is 129 Å². The van der Waals surface area contributed by atoms with Gasteiger partial charge in [0.15, 0.2) is 0 Å². The molecular weight excluding hydrogens is 268 g/mol. The summed E-state index contributed by atoms with van der Waals surface area (Å²) in [5, 5.41) is 0.792. The smallest absolute Gasteiger partial charge is 0.0410 e. The number of halogens is 1. The predicted octanol–water partition coefficient (Wildman–Crippen LogP) is 4.49. The van der Waals surface area contributed by atoms with Crippen LogP contribution in [0.15, 0.2) is 18.2 Å². The molecule has 0 amide bonds. The van der Waals surface area contributed by atoms with Crippen LogP contribution in [0.3, 0.4) is 0 Å². The molecule has 2 nitrogen and oxygen atoms in total. The minimum atomic E-state index is 0.195. The van der Waals surface area contributed by atoms with E-state index >= 15 is 0 Å². The Kier molecular flexibility index (Phi) is 6.84. The van der Waals surface area contributed by atoms with Crippen LogP contribution in [0.25, 0.3) is 0 Å². The van der Waals surface area contributed by atoms with Gasteiger partial charge in [0.05, 0.1) is 0 Å². The minimum Gasteiger partial charge on any atom is -0.369 e. The van der Waals surface area contributed by atoms with Crippen LogP contribution in [0, 0.1) is 5.92 Å². The number of hydrogen-bond donors (Lipinski definition) is 1. The van der Waals surface area contributed by atoms with Crippen LogP contribution >= 0.6 is 11.6 Å². The van der Waals surface area contributed by atoms with Gasteiger partial charge in [0.1, 0.15) is 0 Å². The third-order valence-corrected chi connectivity index (χ3v) is 3.78. The van der Waals surface area contributed by atoms with Crippen molar-refractivity contribution in [1.82, 2.24) is 0 Å². The van der Waals surface area contributed by atoms with Gasteiger partial charge in [-0.3, -0.25) is 0 Å². The summed E-state index contributed by atoms with van der Waals surface area (Å²) in [6.45, 7) is 12.2. The predicted molar refractivity (Wildman–Crippen MR) is 90.7 cm³/mol. The number of anilines is 1. The van der Waals surface area contributed by atoms with Crippen molar-refractivity contribution in [2.45, 2.75) is 59.5 Å². The largest absolute Gasteiger partial charge is 0.369 e. The van der Waals surface area contributed by atoms with Crippen molar-refractivity contribution < 1.29 is 0 Å². The molecule has 1 unspecified atom stereocenters. The zero-order valence-electron chi connectivity index (χ0n) is 13.5. The first-order chi connectivity index (χ1) is 9.35. The maximum Gasteiger partial charge on any atom is 0.0410 e. The van der Waals surface area contributed by atoms with Crippen molar-refractivity contribution in [2.75, 3.05) is 11.4 Å². The maximum absolute atomic E-state index is 6.17. The summed E-state index contributed by atoms with van der Waals surface area (Å²) in [6, 6.07) is 6.86. The molecule has 0 saturated heterocycles. The van der Waals surface area contributed by atoms with Crippen LogP contribution in [0.4, 0.5) is 5.69 Å². The van der Waals surface area contributed by atoms with E-state index in [-0.39, 0.29) is 6.04 Å². The van der Waals surface area contributed by atoms with Gasteiger partial charge in [-0.05, 0) is 56.4 Å². The second-order valence-corrected chi connectivity index (χ2v) is 6.72.